The zero-order chi connectivity index (χ0) is 9.68. The highest BCUT2D eigenvalue weighted by molar-refractivity contribution is 6.30. The molecule has 0 amide bonds. The van der Waals surface area contributed by atoms with Crippen LogP contribution in [0.15, 0.2) is 18.3 Å². The van der Waals surface area contributed by atoms with E-state index < -0.39 is 6.10 Å². The summed E-state index contributed by atoms with van der Waals surface area (Å²) in [6, 6.07) is 3.31. The Morgan fingerprint density at radius 1 is 1.62 bits per heavy atom. The number of aliphatic hydroxyl groups is 2. The first kappa shape index (κ1) is 10.2. The Labute approximate surface area is 80.8 Å². The molecule has 0 fully saturated rings. The van der Waals surface area contributed by atoms with Crippen molar-refractivity contribution >= 4 is 11.6 Å². The summed E-state index contributed by atoms with van der Waals surface area (Å²) < 4.78 is 5.08. The van der Waals surface area contributed by atoms with Gasteiger partial charge in [-0.1, -0.05) is 11.6 Å². The Hall–Kier alpha value is -0.840. The molecule has 1 aromatic heterocycles. The van der Waals surface area contributed by atoms with Crippen LogP contribution in [0.25, 0.3) is 0 Å². The van der Waals surface area contributed by atoms with E-state index in [9.17, 15) is 0 Å². The first-order valence-electron chi connectivity index (χ1n) is 3.76. The molecule has 4 nitrogen and oxygen atoms in total. The average molecular weight is 204 g/mol. The summed E-state index contributed by atoms with van der Waals surface area (Å²) >= 11 is 5.67. The van der Waals surface area contributed by atoms with E-state index >= 15 is 0 Å². The molecule has 5 heteroatoms. The van der Waals surface area contributed by atoms with Gasteiger partial charge in [0.2, 0.25) is 0 Å². The van der Waals surface area contributed by atoms with Gasteiger partial charge in [0.15, 0.2) is 10.9 Å². The van der Waals surface area contributed by atoms with Gasteiger partial charge in [-0.15, -0.1) is 0 Å². The highest BCUT2D eigenvalue weighted by Crippen LogP contribution is 2.20. The summed E-state index contributed by atoms with van der Waals surface area (Å²) in [5.41, 5.74) is 0. The molecule has 2 N–H and O–H groups in total. The zero-order valence-electron chi connectivity index (χ0n) is 6.85. The van der Waals surface area contributed by atoms with Crippen molar-refractivity contribution < 1.29 is 14.9 Å². The predicted octanol–water partition coefficient (Wildman–Crippen LogP) is 0.467. The largest absolute Gasteiger partial charge is 0.488 e. The van der Waals surface area contributed by atoms with Crippen LogP contribution in [0.3, 0.4) is 0 Å². The van der Waals surface area contributed by atoms with E-state index in [0.717, 1.165) is 0 Å². The van der Waals surface area contributed by atoms with Crippen LogP contribution in [0.5, 0.6) is 5.75 Å². The summed E-state index contributed by atoms with van der Waals surface area (Å²) in [5.74, 6) is 0.400. The first-order chi connectivity index (χ1) is 6.24. The van der Waals surface area contributed by atoms with Crippen LogP contribution in [-0.4, -0.2) is 34.5 Å². The monoisotopic (exact) mass is 203 g/mol. The minimum atomic E-state index is -0.892. The third-order valence-corrected chi connectivity index (χ3v) is 1.65. The maximum Gasteiger partial charge on any atom is 0.171 e. The molecule has 1 heterocycles. The molecule has 1 aromatic rings. The fourth-order valence-corrected chi connectivity index (χ4v) is 0.892. The molecule has 0 radical (unpaired) electrons. The number of hydrogen-bond donors (Lipinski definition) is 2. The standard InChI is InChI=1S/C8H10ClNO3/c9-8-7(2-1-3-10-8)13-5-6(12)4-11/h1-3,6,11-12H,4-5H2. The minimum absolute atomic E-state index is 0.00190. The van der Waals surface area contributed by atoms with Gasteiger partial charge in [0.1, 0.15) is 12.7 Å². The summed E-state index contributed by atoms with van der Waals surface area (Å²) in [7, 11) is 0. The van der Waals surface area contributed by atoms with Crippen molar-refractivity contribution in [2.24, 2.45) is 0 Å². The number of aromatic nitrogens is 1. The molecule has 0 aromatic carbocycles. The number of nitrogens with zero attached hydrogens (tertiary/aromatic N) is 1. The van der Waals surface area contributed by atoms with Gasteiger partial charge in [-0.2, -0.15) is 0 Å². The normalized spacial score (nSPS) is 12.5. The molecule has 0 saturated carbocycles. The first-order valence-corrected chi connectivity index (χ1v) is 4.14. The lowest BCUT2D eigenvalue weighted by Gasteiger charge is -2.09. The van der Waals surface area contributed by atoms with Gasteiger partial charge in [-0.3, -0.25) is 0 Å². The Bertz CT molecular complexity index is 269. The lowest BCUT2D eigenvalue weighted by Crippen LogP contribution is -2.21. The molecule has 1 atom stereocenters. The maximum atomic E-state index is 8.97. The predicted molar refractivity (Wildman–Crippen MR) is 47.8 cm³/mol. The van der Waals surface area contributed by atoms with E-state index in [2.05, 4.69) is 4.98 Å². The molecule has 1 unspecified atom stereocenters. The second-order valence-electron chi connectivity index (χ2n) is 2.44. The van der Waals surface area contributed by atoms with Crippen molar-refractivity contribution in [3.63, 3.8) is 0 Å². The van der Waals surface area contributed by atoms with Crippen molar-refractivity contribution in [1.82, 2.24) is 4.98 Å². The number of halogens is 1. The lowest BCUT2D eigenvalue weighted by atomic mass is 10.4. The minimum Gasteiger partial charge on any atom is -0.488 e. The van der Waals surface area contributed by atoms with E-state index in [1.807, 2.05) is 0 Å². The van der Waals surface area contributed by atoms with Gasteiger partial charge < -0.3 is 14.9 Å². The maximum absolute atomic E-state index is 8.97. The summed E-state index contributed by atoms with van der Waals surface area (Å²) in [5, 5.41) is 17.7. The molecule has 1 rings (SSSR count). The summed E-state index contributed by atoms with van der Waals surface area (Å²) in [4.78, 5) is 3.78. The molecule has 0 aliphatic heterocycles. The van der Waals surface area contributed by atoms with E-state index in [1.54, 1.807) is 12.1 Å². The Balaban J connectivity index is 2.50. The van der Waals surface area contributed by atoms with Crippen LogP contribution in [-0.2, 0) is 0 Å². The van der Waals surface area contributed by atoms with Gasteiger partial charge in [-0.25, -0.2) is 4.98 Å². The lowest BCUT2D eigenvalue weighted by molar-refractivity contribution is 0.0535. The van der Waals surface area contributed by atoms with Gasteiger partial charge in [0, 0.05) is 6.20 Å². The van der Waals surface area contributed by atoms with Crippen molar-refractivity contribution in [3.8, 4) is 5.75 Å². The Morgan fingerprint density at radius 2 is 2.38 bits per heavy atom. The number of aliphatic hydroxyl groups excluding tert-OH is 2. The van der Waals surface area contributed by atoms with Crippen molar-refractivity contribution in [1.29, 1.82) is 0 Å². The second-order valence-corrected chi connectivity index (χ2v) is 2.80. The topological polar surface area (TPSA) is 62.6 Å². The number of ether oxygens (including phenoxy) is 1. The molecule has 0 bridgehead atoms. The molecule has 72 valence electrons. The fourth-order valence-electron chi connectivity index (χ4n) is 0.718. The van der Waals surface area contributed by atoms with Gasteiger partial charge in [-0.05, 0) is 12.1 Å². The van der Waals surface area contributed by atoms with Crippen LogP contribution >= 0.6 is 11.6 Å². The van der Waals surface area contributed by atoms with Crippen molar-refractivity contribution in [3.05, 3.63) is 23.5 Å². The van der Waals surface area contributed by atoms with Gasteiger partial charge in [0.25, 0.3) is 0 Å². The van der Waals surface area contributed by atoms with Gasteiger partial charge >= 0.3 is 0 Å². The summed E-state index contributed by atoms with van der Waals surface area (Å²) in [6.07, 6.45) is 0.647. The number of hydrogen-bond acceptors (Lipinski definition) is 4. The van der Waals surface area contributed by atoms with E-state index in [-0.39, 0.29) is 18.4 Å². The third kappa shape index (κ3) is 3.18. The third-order valence-electron chi connectivity index (χ3n) is 1.37. The fraction of sp³-hybridized carbons (Fsp3) is 0.375. The van der Waals surface area contributed by atoms with E-state index in [4.69, 9.17) is 26.6 Å². The van der Waals surface area contributed by atoms with Crippen molar-refractivity contribution in [2.75, 3.05) is 13.2 Å². The molecule has 0 spiro atoms. The molecule has 0 saturated heterocycles. The number of rotatable bonds is 4. The van der Waals surface area contributed by atoms with Crippen LogP contribution in [0.1, 0.15) is 0 Å². The molecule has 0 aliphatic rings. The van der Waals surface area contributed by atoms with Crippen molar-refractivity contribution in [2.45, 2.75) is 6.10 Å². The smallest absolute Gasteiger partial charge is 0.171 e. The highest BCUT2D eigenvalue weighted by Gasteiger charge is 2.05. The van der Waals surface area contributed by atoms with Crippen LogP contribution < -0.4 is 4.74 Å². The molecular weight excluding hydrogens is 194 g/mol. The van der Waals surface area contributed by atoms with Crippen LogP contribution in [0.4, 0.5) is 0 Å². The Morgan fingerprint density at radius 3 is 3.00 bits per heavy atom. The van der Waals surface area contributed by atoms with Crippen LogP contribution in [0.2, 0.25) is 5.15 Å². The molecule has 0 aliphatic carbocycles. The SMILES string of the molecule is OCC(O)COc1cccnc1Cl. The van der Waals surface area contributed by atoms with Crippen LogP contribution in [0, 0.1) is 0 Å². The zero-order valence-corrected chi connectivity index (χ0v) is 7.61. The average Bonchev–Trinajstić information content (AvgIpc) is 2.16. The quantitative estimate of drug-likeness (QED) is 0.699. The highest BCUT2D eigenvalue weighted by atomic mass is 35.5. The van der Waals surface area contributed by atoms with E-state index in [1.165, 1.54) is 6.20 Å². The summed E-state index contributed by atoms with van der Waals surface area (Å²) in [6.45, 7) is -0.334. The number of pyridine rings is 1. The molecular formula is C8H10ClNO3. The van der Waals surface area contributed by atoms with Gasteiger partial charge in [0.05, 0.1) is 6.61 Å². The second kappa shape index (κ2) is 5.01. The Kier molecular flexibility index (Phi) is 3.95. The van der Waals surface area contributed by atoms with E-state index in [0.29, 0.717) is 5.75 Å². The molecule has 13 heavy (non-hydrogen) atoms.